The Morgan fingerprint density at radius 2 is 1.64 bits per heavy atom. The first-order chi connectivity index (χ1) is 13.5. The Bertz CT molecular complexity index is 892. The number of nitrogens with one attached hydrogen (secondary N) is 1. The van der Waals surface area contributed by atoms with Crippen molar-refractivity contribution in [1.29, 1.82) is 0 Å². The quantitative estimate of drug-likeness (QED) is 0.636. The minimum atomic E-state index is -1.62. The number of piperidine rings is 1. The van der Waals surface area contributed by atoms with Gasteiger partial charge in [0.05, 0.1) is 5.69 Å². The van der Waals surface area contributed by atoms with Gasteiger partial charge in [-0.1, -0.05) is 30.3 Å². The van der Waals surface area contributed by atoms with Gasteiger partial charge in [-0.05, 0) is 36.6 Å². The topological polar surface area (TPSA) is 49.4 Å². The van der Waals surface area contributed by atoms with E-state index in [2.05, 4.69) is 5.32 Å². The second-order valence-corrected chi connectivity index (χ2v) is 6.56. The zero-order valence-electron chi connectivity index (χ0n) is 15.0. The number of carbonyl (C=O) groups excluding carboxylic acids is 2. The molecule has 4 nitrogen and oxygen atoms in total. The number of hydrogen-bond donors (Lipinski definition) is 1. The van der Waals surface area contributed by atoms with Crippen molar-refractivity contribution < 1.29 is 22.8 Å². The van der Waals surface area contributed by atoms with Crippen LogP contribution in [0.5, 0.6) is 0 Å². The van der Waals surface area contributed by atoms with Crippen LogP contribution in [0.4, 0.5) is 18.9 Å². The number of carbonyl (C=O) groups is 2. The summed E-state index contributed by atoms with van der Waals surface area (Å²) < 4.78 is 39.9. The van der Waals surface area contributed by atoms with E-state index in [9.17, 15) is 22.8 Å². The van der Waals surface area contributed by atoms with Gasteiger partial charge in [0.2, 0.25) is 11.8 Å². The molecular formula is C21H19F3N2O2. The van der Waals surface area contributed by atoms with E-state index >= 15 is 0 Å². The maximum atomic E-state index is 13.7. The molecule has 1 aliphatic heterocycles. The van der Waals surface area contributed by atoms with Gasteiger partial charge in [0.15, 0.2) is 17.5 Å². The Morgan fingerprint density at radius 3 is 2.32 bits per heavy atom. The molecule has 2 amide bonds. The van der Waals surface area contributed by atoms with Crippen molar-refractivity contribution in [2.45, 2.75) is 12.8 Å². The van der Waals surface area contributed by atoms with Gasteiger partial charge in [-0.3, -0.25) is 9.59 Å². The van der Waals surface area contributed by atoms with Crippen LogP contribution >= 0.6 is 0 Å². The normalized spacial score (nSPS) is 15.0. The van der Waals surface area contributed by atoms with Crippen molar-refractivity contribution in [3.63, 3.8) is 0 Å². The molecule has 0 spiro atoms. The van der Waals surface area contributed by atoms with Gasteiger partial charge in [-0.15, -0.1) is 0 Å². The fourth-order valence-corrected chi connectivity index (χ4v) is 3.06. The summed E-state index contributed by atoms with van der Waals surface area (Å²) in [4.78, 5) is 26.2. The molecule has 2 aromatic carbocycles. The van der Waals surface area contributed by atoms with E-state index in [-0.39, 0.29) is 5.91 Å². The molecule has 7 heteroatoms. The van der Waals surface area contributed by atoms with Gasteiger partial charge >= 0.3 is 0 Å². The summed E-state index contributed by atoms with van der Waals surface area (Å²) >= 11 is 0. The predicted octanol–water partition coefficient (Wildman–Crippen LogP) is 3.99. The molecule has 1 N–H and O–H groups in total. The van der Waals surface area contributed by atoms with Gasteiger partial charge in [-0.2, -0.15) is 0 Å². The lowest BCUT2D eigenvalue weighted by Crippen LogP contribution is -2.40. The van der Waals surface area contributed by atoms with E-state index in [1.807, 2.05) is 30.3 Å². The molecule has 1 heterocycles. The molecule has 1 fully saturated rings. The summed E-state index contributed by atoms with van der Waals surface area (Å²) in [5.41, 5.74) is 0.520. The van der Waals surface area contributed by atoms with E-state index in [0.717, 1.165) is 17.7 Å². The van der Waals surface area contributed by atoms with Gasteiger partial charge in [0, 0.05) is 25.1 Å². The smallest absolute Gasteiger partial charge is 0.246 e. The second-order valence-electron chi connectivity index (χ2n) is 6.56. The Balaban J connectivity index is 1.53. The van der Waals surface area contributed by atoms with Crippen LogP contribution in [0.2, 0.25) is 0 Å². The summed E-state index contributed by atoms with van der Waals surface area (Å²) in [6, 6.07) is 11.2. The van der Waals surface area contributed by atoms with Gasteiger partial charge in [0.1, 0.15) is 0 Å². The number of rotatable bonds is 4. The standard InChI is InChI=1S/C21H19F3N2O2/c22-16-7-8-17(20(24)19(16)23)25-21(28)15-10-12-26(13-11-15)18(27)9-6-14-4-2-1-3-5-14/h1-9,15H,10-13H2,(H,25,28)/b9-6+. The fourth-order valence-electron chi connectivity index (χ4n) is 3.06. The summed E-state index contributed by atoms with van der Waals surface area (Å²) in [7, 11) is 0. The number of amides is 2. The van der Waals surface area contributed by atoms with E-state index in [1.165, 1.54) is 6.08 Å². The van der Waals surface area contributed by atoms with E-state index in [4.69, 9.17) is 0 Å². The second kappa shape index (κ2) is 8.73. The lowest BCUT2D eigenvalue weighted by Gasteiger charge is -2.30. The summed E-state index contributed by atoms with van der Waals surface area (Å²) in [5, 5.41) is 2.30. The first-order valence-corrected chi connectivity index (χ1v) is 8.92. The van der Waals surface area contributed by atoms with Crippen LogP contribution in [0.15, 0.2) is 48.5 Å². The monoisotopic (exact) mass is 388 g/mol. The van der Waals surface area contributed by atoms with Crippen molar-refractivity contribution in [2.75, 3.05) is 18.4 Å². The molecule has 1 aliphatic rings. The number of halogens is 3. The van der Waals surface area contributed by atoms with Crippen LogP contribution in [-0.2, 0) is 9.59 Å². The molecule has 1 saturated heterocycles. The van der Waals surface area contributed by atoms with Gasteiger partial charge in [0.25, 0.3) is 0 Å². The summed E-state index contributed by atoms with van der Waals surface area (Å²) in [5.74, 6) is -5.41. The van der Waals surface area contributed by atoms with Gasteiger partial charge < -0.3 is 10.2 Å². The molecule has 0 bridgehead atoms. The first kappa shape index (κ1) is 19.7. The summed E-state index contributed by atoms with van der Waals surface area (Å²) in [6.07, 6.45) is 4.03. The SMILES string of the molecule is O=C(Nc1ccc(F)c(F)c1F)C1CCN(C(=O)/C=C/c2ccccc2)CC1. The van der Waals surface area contributed by atoms with Gasteiger partial charge in [-0.25, -0.2) is 13.2 Å². The van der Waals surface area contributed by atoms with Crippen LogP contribution in [0, 0.1) is 23.4 Å². The molecule has 0 unspecified atom stereocenters. The van der Waals surface area contributed by atoms with Crippen molar-refractivity contribution in [3.8, 4) is 0 Å². The van der Waals surface area contributed by atoms with Crippen LogP contribution in [-0.4, -0.2) is 29.8 Å². The van der Waals surface area contributed by atoms with Crippen LogP contribution in [0.1, 0.15) is 18.4 Å². The number of anilines is 1. The molecule has 2 aromatic rings. The zero-order chi connectivity index (χ0) is 20.1. The maximum absolute atomic E-state index is 13.7. The maximum Gasteiger partial charge on any atom is 0.246 e. The third-order valence-electron chi connectivity index (χ3n) is 4.69. The minimum absolute atomic E-state index is 0.144. The van der Waals surface area contributed by atoms with E-state index < -0.39 is 35.0 Å². The number of nitrogens with zero attached hydrogens (tertiary/aromatic N) is 1. The molecule has 28 heavy (non-hydrogen) atoms. The van der Waals surface area contributed by atoms with Crippen molar-refractivity contribution in [1.82, 2.24) is 4.90 Å². The predicted molar refractivity (Wildman–Crippen MR) is 99.7 cm³/mol. The van der Waals surface area contributed by atoms with Crippen LogP contribution < -0.4 is 5.32 Å². The molecule has 3 rings (SSSR count). The summed E-state index contributed by atoms with van der Waals surface area (Å²) in [6.45, 7) is 0.770. The fraction of sp³-hybridized carbons (Fsp3) is 0.238. The largest absolute Gasteiger partial charge is 0.339 e. The van der Waals surface area contributed by atoms with Crippen LogP contribution in [0.25, 0.3) is 6.08 Å². The van der Waals surface area contributed by atoms with E-state index in [0.29, 0.717) is 25.9 Å². The lowest BCUT2D eigenvalue weighted by molar-refractivity contribution is -0.130. The Hall–Kier alpha value is -3.09. The molecule has 0 saturated carbocycles. The van der Waals surface area contributed by atoms with Crippen molar-refractivity contribution in [2.24, 2.45) is 5.92 Å². The average molecular weight is 388 g/mol. The Morgan fingerprint density at radius 1 is 0.964 bits per heavy atom. The van der Waals surface area contributed by atoms with E-state index in [1.54, 1.807) is 11.0 Å². The highest BCUT2D eigenvalue weighted by Crippen LogP contribution is 2.23. The third-order valence-corrected chi connectivity index (χ3v) is 4.69. The average Bonchev–Trinajstić information content (AvgIpc) is 2.73. The first-order valence-electron chi connectivity index (χ1n) is 8.92. The zero-order valence-corrected chi connectivity index (χ0v) is 15.0. The number of hydrogen-bond acceptors (Lipinski definition) is 2. The number of benzene rings is 2. The molecule has 0 atom stereocenters. The molecular weight excluding hydrogens is 369 g/mol. The molecule has 0 radical (unpaired) electrons. The highest BCUT2D eigenvalue weighted by atomic mass is 19.2. The Labute approximate surface area is 160 Å². The lowest BCUT2D eigenvalue weighted by atomic mass is 9.95. The minimum Gasteiger partial charge on any atom is -0.339 e. The number of likely N-dealkylation sites (tertiary alicyclic amines) is 1. The van der Waals surface area contributed by atoms with Crippen molar-refractivity contribution in [3.05, 3.63) is 71.6 Å². The highest BCUT2D eigenvalue weighted by molar-refractivity contribution is 5.94. The Kier molecular flexibility index (Phi) is 6.13. The van der Waals surface area contributed by atoms with Crippen molar-refractivity contribution >= 4 is 23.6 Å². The molecule has 0 aliphatic carbocycles. The highest BCUT2D eigenvalue weighted by Gasteiger charge is 2.27. The third kappa shape index (κ3) is 4.60. The molecule has 0 aromatic heterocycles. The van der Waals surface area contributed by atoms with Crippen LogP contribution in [0.3, 0.4) is 0 Å². The molecule has 146 valence electrons.